The van der Waals surface area contributed by atoms with Crippen LogP contribution in [0.25, 0.3) is 5.69 Å². The number of pyridine rings is 1. The van der Waals surface area contributed by atoms with Gasteiger partial charge in [-0.15, -0.1) is 11.8 Å². The molecule has 1 N–H and O–H groups in total. The summed E-state index contributed by atoms with van der Waals surface area (Å²) in [7, 11) is 0. The van der Waals surface area contributed by atoms with Crippen molar-refractivity contribution in [1.82, 2.24) is 20.1 Å². The predicted molar refractivity (Wildman–Crippen MR) is 161 cm³/mol. The Morgan fingerprint density at radius 3 is 2.62 bits per heavy atom. The van der Waals surface area contributed by atoms with Gasteiger partial charge >= 0.3 is 0 Å². The maximum absolute atomic E-state index is 13.8. The molecule has 0 saturated carbocycles. The Bertz CT molecular complexity index is 1550. The third kappa shape index (κ3) is 5.78. The maximum Gasteiger partial charge on any atom is 0.240 e. The fraction of sp³-hybridized carbons (Fsp3) is 0.290. The molecule has 1 aliphatic heterocycles. The highest BCUT2D eigenvalue weighted by Crippen LogP contribution is 2.48. The van der Waals surface area contributed by atoms with Crippen molar-refractivity contribution in [1.29, 1.82) is 0 Å². The first-order chi connectivity index (χ1) is 19.1. The topological polar surface area (TPSA) is 80.1 Å². The van der Waals surface area contributed by atoms with Crippen LogP contribution in [0.1, 0.15) is 54.0 Å². The molecule has 0 radical (unpaired) electrons. The van der Waals surface area contributed by atoms with Crippen LogP contribution in [0, 0.1) is 6.92 Å². The predicted octanol–water partition coefficient (Wildman–Crippen LogP) is 6.01. The number of hydrogen-bond donors (Lipinski definition) is 1. The number of aryl methyl sites for hydroxylation is 1. The van der Waals surface area contributed by atoms with E-state index in [2.05, 4.69) is 31.1 Å². The number of benzene rings is 2. The van der Waals surface area contributed by atoms with Gasteiger partial charge < -0.3 is 5.32 Å². The van der Waals surface area contributed by atoms with Crippen molar-refractivity contribution in [3.63, 3.8) is 0 Å². The molecule has 5 rings (SSSR count). The smallest absolute Gasteiger partial charge is 0.240 e. The van der Waals surface area contributed by atoms with Gasteiger partial charge in [-0.1, -0.05) is 68.8 Å². The molecule has 0 unspecified atom stereocenters. The molecule has 40 heavy (non-hydrogen) atoms. The molecular weight excluding hydrogens is 542 g/mol. The molecule has 3 heterocycles. The van der Waals surface area contributed by atoms with Crippen LogP contribution in [-0.4, -0.2) is 38.9 Å². The Hall–Kier alpha value is -3.62. The summed E-state index contributed by atoms with van der Waals surface area (Å²) < 4.78 is 1.85. The highest BCUT2D eigenvalue weighted by molar-refractivity contribution is 8.00. The number of thioether (sulfide) groups is 1. The SMILES string of the molecule is Cc1ccccc1-n1nc(C(C)(C)C)c2c1N(CC(=O)NCc1cccnc1)C(=O)CS[C@H]2c1cccc(Cl)c1. The minimum absolute atomic E-state index is 0.129. The van der Waals surface area contributed by atoms with Crippen LogP contribution in [0.4, 0.5) is 5.82 Å². The summed E-state index contributed by atoms with van der Waals surface area (Å²) in [5.41, 5.74) is 5.21. The normalized spacial score (nSPS) is 15.5. The molecule has 2 aromatic carbocycles. The van der Waals surface area contributed by atoms with E-state index in [1.807, 2.05) is 72.3 Å². The first kappa shape index (κ1) is 27.9. The number of anilines is 1. The van der Waals surface area contributed by atoms with Crippen LogP contribution in [0.2, 0.25) is 5.02 Å². The molecule has 7 nitrogen and oxygen atoms in total. The third-order valence-electron chi connectivity index (χ3n) is 6.81. The Balaban J connectivity index is 1.67. The molecule has 0 spiro atoms. The highest BCUT2D eigenvalue weighted by Gasteiger charge is 2.40. The van der Waals surface area contributed by atoms with Gasteiger partial charge in [0.25, 0.3) is 0 Å². The van der Waals surface area contributed by atoms with E-state index in [4.69, 9.17) is 16.7 Å². The number of halogens is 1. The molecule has 0 fully saturated rings. The van der Waals surface area contributed by atoms with Crippen molar-refractivity contribution in [3.8, 4) is 5.69 Å². The number of fused-ring (bicyclic) bond motifs is 1. The van der Waals surface area contributed by atoms with E-state index in [-0.39, 0.29) is 34.8 Å². The maximum atomic E-state index is 13.8. The molecule has 0 aliphatic carbocycles. The summed E-state index contributed by atoms with van der Waals surface area (Å²) in [6, 6.07) is 19.4. The van der Waals surface area contributed by atoms with Crippen molar-refractivity contribution in [2.24, 2.45) is 0 Å². The molecule has 1 aliphatic rings. The summed E-state index contributed by atoms with van der Waals surface area (Å²) in [4.78, 5) is 32.8. The summed E-state index contributed by atoms with van der Waals surface area (Å²) in [5.74, 6) is 0.418. The Morgan fingerprint density at radius 2 is 1.93 bits per heavy atom. The van der Waals surface area contributed by atoms with Gasteiger partial charge in [0.1, 0.15) is 12.4 Å². The number of rotatable bonds is 6. The second-order valence-electron chi connectivity index (χ2n) is 10.9. The van der Waals surface area contributed by atoms with Gasteiger partial charge in [0.15, 0.2) is 0 Å². The van der Waals surface area contributed by atoms with Gasteiger partial charge in [-0.25, -0.2) is 4.68 Å². The van der Waals surface area contributed by atoms with Crippen LogP contribution in [-0.2, 0) is 21.5 Å². The third-order valence-corrected chi connectivity index (χ3v) is 8.30. The number of aromatic nitrogens is 3. The van der Waals surface area contributed by atoms with Crippen LogP contribution in [0.3, 0.4) is 0 Å². The number of para-hydroxylation sites is 1. The molecule has 9 heteroatoms. The minimum Gasteiger partial charge on any atom is -0.350 e. The number of hydrogen-bond acceptors (Lipinski definition) is 5. The van der Waals surface area contributed by atoms with Crippen LogP contribution in [0.5, 0.6) is 0 Å². The Kier molecular flexibility index (Phi) is 8.01. The molecule has 0 saturated heterocycles. The van der Waals surface area contributed by atoms with E-state index in [9.17, 15) is 9.59 Å². The molecule has 2 amide bonds. The molecule has 2 aromatic heterocycles. The molecule has 206 valence electrons. The lowest BCUT2D eigenvalue weighted by atomic mass is 9.87. The van der Waals surface area contributed by atoms with Crippen molar-refractivity contribution >= 4 is 41.0 Å². The van der Waals surface area contributed by atoms with Crippen LogP contribution >= 0.6 is 23.4 Å². The monoisotopic (exact) mass is 573 g/mol. The van der Waals surface area contributed by atoms with E-state index in [1.165, 1.54) is 11.8 Å². The number of carbonyl (C=O) groups is 2. The van der Waals surface area contributed by atoms with E-state index < -0.39 is 0 Å². The summed E-state index contributed by atoms with van der Waals surface area (Å²) >= 11 is 7.97. The summed E-state index contributed by atoms with van der Waals surface area (Å²) in [5, 5.41) is 8.53. The average Bonchev–Trinajstić information content (AvgIpc) is 3.26. The fourth-order valence-corrected chi connectivity index (χ4v) is 6.26. The standard InChI is InChI=1S/C31H32ClN5O2S/c1-20-9-5-6-13-24(20)37-30-27(29(35-37)31(2,3)4)28(22-11-7-12-23(32)15-22)40-19-26(39)36(30)18-25(38)34-17-21-10-8-14-33-16-21/h5-16,28H,17-19H2,1-4H3,(H,34,38)/t28-/m0/s1. The Labute approximate surface area is 243 Å². The molecule has 4 aromatic rings. The van der Waals surface area contributed by atoms with Crippen molar-refractivity contribution in [2.45, 2.75) is 44.9 Å². The molecular formula is C31H32ClN5O2S. The number of nitrogens with zero attached hydrogens (tertiary/aromatic N) is 4. The lowest BCUT2D eigenvalue weighted by Gasteiger charge is -2.25. The van der Waals surface area contributed by atoms with Gasteiger partial charge in [0, 0.05) is 34.9 Å². The van der Waals surface area contributed by atoms with E-state index >= 15 is 0 Å². The zero-order valence-electron chi connectivity index (χ0n) is 23.0. The van der Waals surface area contributed by atoms with Crippen molar-refractivity contribution in [3.05, 3.63) is 106 Å². The van der Waals surface area contributed by atoms with Gasteiger partial charge in [-0.05, 0) is 47.9 Å². The van der Waals surface area contributed by atoms with Crippen LogP contribution < -0.4 is 10.2 Å². The largest absolute Gasteiger partial charge is 0.350 e. The van der Waals surface area contributed by atoms with Gasteiger partial charge in [-0.2, -0.15) is 5.10 Å². The summed E-state index contributed by atoms with van der Waals surface area (Å²) in [6.45, 7) is 8.58. The molecule has 1 atom stereocenters. The quantitative estimate of drug-likeness (QED) is 0.305. The summed E-state index contributed by atoms with van der Waals surface area (Å²) in [6.07, 6.45) is 3.40. The van der Waals surface area contributed by atoms with Crippen molar-refractivity contribution < 1.29 is 9.59 Å². The first-order valence-corrected chi connectivity index (χ1v) is 14.6. The number of amides is 2. The second-order valence-corrected chi connectivity index (χ2v) is 12.4. The van der Waals surface area contributed by atoms with Crippen LogP contribution in [0.15, 0.2) is 73.1 Å². The van der Waals surface area contributed by atoms with E-state index in [1.54, 1.807) is 17.3 Å². The van der Waals surface area contributed by atoms with Crippen molar-refractivity contribution in [2.75, 3.05) is 17.2 Å². The molecule has 0 bridgehead atoms. The highest BCUT2D eigenvalue weighted by atomic mass is 35.5. The zero-order chi connectivity index (χ0) is 28.4. The first-order valence-electron chi connectivity index (χ1n) is 13.2. The lowest BCUT2D eigenvalue weighted by molar-refractivity contribution is -0.123. The lowest BCUT2D eigenvalue weighted by Crippen LogP contribution is -2.42. The van der Waals surface area contributed by atoms with Gasteiger partial charge in [0.2, 0.25) is 11.8 Å². The minimum atomic E-state index is -0.336. The van der Waals surface area contributed by atoms with E-state index in [0.29, 0.717) is 17.4 Å². The van der Waals surface area contributed by atoms with Gasteiger partial charge in [-0.3, -0.25) is 19.5 Å². The zero-order valence-corrected chi connectivity index (χ0v) is 24.6. The average molecular weight is 574 g/mol. The van der Waals surface area contributed by atoms with E-state index in [0.717, 1.165) is 33.6 Å². The second kappa shape index (κ2) is 11.5. The Morgan fingerprint density at radius 1 is 1.12 bits per heavy atom. The van der Waals surface area contributed by atoms with Gasteiger partial charge in [0.05, 0.1) is 22.4 Å². The fourth-order valence-electron chi connectivity index (χ4n) is 4.88. The number of nitrogens with one attached hydrogen (secondary N) is 1. The number of carbonyl (C=O) groups excluding carboxylic acids is 2.